The molecule has 0 saturated carbocycles. The van der Waals surface area contributed by atoms with Crippen LogP contribution in [0.4, 0.5) is 0 Å². The highest BCUT2D eigenvalue weighted by Gasteiger charge is 2.19. The predicted octanol–water partition coefficient (Wildman–Crippen LogP) is 0.114. The first-order chi connectivity index (χ1) is 9.04. The lowest BCUT2D eigenvalue weighted by Gasteiger charge is -2.32. The Labute approximate surface area is 117 Å². The van der Waals surface area contributed by atoms with E-state index in [0.29, 0.717) is 0 Å². The molecule has 0 radical (unpaired) electrons. The molecule has 5 heteroatoms. The zero-order valence-electron chi connectivity index (χ0n) is 12.7. The summed E-state index contributed by atoms with van der Waals surface area (Å²) >= 11 is 0. The van der Waals surface area contributed by atoms with Crippen LogP contribution in [0.15, 0.2) is 0 Å². The minimum Gasteiger partial charge on any atom is -0.355 e. The van der Waals surface area contributed by atoms with Gasteiger partial charge < -0.3 is 20.9 Å². The van der Waals surface area contributed by atoms with Crippen LogP contribution in [-0.2, 0) is 4.79 Å². The SMILES string of the molecule is CC[C@H](C)[C@H](N)C(=O)NCCCN1CCN(C)CC1. The molecule has 112 valence electrons. The van der Waals surface area contributed by atoms with Crippen molar-refractivity contribution in [3.63, 3.8) is 0 Å². The molecule has 0 aromatic heterocycles. The maximum Gasteiger partial charge on any atom is 0.237 e. The van der Waals surface area contributed by atoms with Crippen molar-refractivity contribution in [1.29, 1.82) is 0 Å². The van der Waals surface area contributed by atoms with Gasteiger partial charge in [-0.05, 0) is 25.9 Å². The Bertz CT molecular complexity index is 264. The van der Waals surface area contributed by atoms with Crippen molar-refractivity contribution in [2.45, 2.75) is 32.7 Å². The fourth-order valence-corrected chi connectivity index (χ4v) is 2.22. The standard InChI is InChI=1S/C14H30N4O/c1-4-12(2)13(15)14(19)16-6-5-7-18-10-8-17(3)9-11-18/h12-13H,4-11,15H2,1-3H3,(H,16,19)/t12-,13-/m0/s1. The van der Waals surface area contributed by atoms with Gasteiger partial charge >= 0.3 is 0 Å². The third-order valence-corrected chi connectivity index (χ3v) is 4.11. The molecule has 1 aliphatic rings. The van der Waals surface area contributed by atoms with E-state index in [2.05, 4.69) is 29.1 Å². The largest absolute Gasteiger partial charge is 0.355 e. The molecular weight excluding hydrogens is 240 g/mol. The molecule has 1 heterocycles. The molecule has 1 rings (SSSR count). The lowest BCUT2D eigenvalue weighted by atomic mass is 9.99. The fourth-order valence-electron chi connectivity index (χ4n) is 2.22. The number of rotatable bonds is 7. The van der Waals surface area contributed by atoms with Crippen molar-refractivity contribution in [3.8, 4) is 0 Å². The summed E-state index contributed by atoms with van der Waals surface area (Å²) in [5.41, 5.74) is 5.88. The molecule has 5 nitrogen and oxygen atoms in total. The van der Waals surface area contributed by atoms with E-state index in [0.717, 1.165) is 52.1 Å². The topological polar surface area (TPSA) is 61.6 Å². The second-order valence-corrected chi connectivity index (χ2v) is 5.70. The van der Waals surface area contributed by atoms with Gasteiger partial charge in [0.05, 0.1) is 6.04 Å². The quantitative estimate of drug-likeness (QED) is 0.645. The zero-order valence-corrected chi connectivity index (χ0v) is 12.7. The summed E-state index contributed by atoms with van der Waals surface area (Å²) in [4.78, 5) is 16.6. The first-order valence-corrected chi connectivity index (χ1v) is 7.48. The Hall–Kier alpha value is -0.650. The maximum absolute atomic E-state index is 11.8. The number of nitrogens with zero attached hydrogens (tertiary/aromatic N) is 2. The Kier molecular flexibility index (Phi) is 7.34. The van der Waals surface area contributed by atoms with Gasteiger partial charge in [-0.1, -0.05) is 20.3 Å². The van der Waals surface area contributed by atoms with Crippen LogP contribution < -0.4 is 11.1 Å². The van der Waals surface area contributed by atoms with Crippen molar-refractivity contribution >= 4 is 5.91 Å². The van der Waals surface area contributed by atoms with Gasteiger partial charge in [0.25, 0.3) is 0 Å². The smallest absolute Gasteiger partial charge is 0.237 e. The molecule has 1 fully saturated rings. The number of hydrogen-bond acceptors (Lipinski definition) is 4. The summed E-state index contributed by atoms with van der Waals surface area (Å²) in [6.07, 6.45) is 1.94. The van der Waals surface area contributed by atoms with E-state index < -0.39 is 0 Å². The number of likely N-dealkylation sites (N-methyl/N-ethyl adjacent to an activating group) is 1. The Balaban J connectivity index is 2.08. The van der Waals surface area contributed by atoms with Gasteiger partial charge in [-0.3, -0.25) is 4.79 Å². The Morgan fingerprint density at radius 1 is 1.32 bits per heavy atom. The highest BCUT2D eigenvalue weighted by Crippen LogP contribution is 2.05. The van der Waals surface area contributed by atoms with Crippen LogP contribution in [0.3, 0.4) is 0 Å². The molecular formula is C14H30N4O. The van der Waals surface area contributed by atoms with Gasteiger partial charge in [-0.2, -0.15) is 0 Å². The fraction of sp³-hybridized carbons (Fsp3) is 0.929. The van der Waals surface area contributed by atoms with Crippen LogP contribution in [0.1, 0.15) is 26.7 Å². The Morgan fingerprint density at radius 2 is 1.95 bits per heavy atom. The van der Waals surface area contributed by atoms with Crippen LogP contribution in [0.2, 0.25) is 0 Å². The van der Waals surface area contributed by atoms with Crippen LogP contribution in [-0.4, -0.2) is 68.1 Å². The molecule has 0 aromatic rings. The molecule has 2 atom stereocenters. The van der Waals surface area contributed by atoms with E-state index in [9.17, 15) is 4.79 Å². The molecule has 0 aromatic carbocycles. The van der Waals surface area contributed by atoms with Crippen molar-refractivity contribution in [2.24, 2.45) is 11.7 Å². The number of hydrogen-bond donors (Lipinski definition) is 2. The summed E-state index contributed by atoms with van der Waals surface area (Å²) in [7, 11) is 2.16. The van der Waals surface area contributed by atoms with Crippen molar-refractivity contribution in [2.75, 3.05) is 46.3 Å². The first-order valence-electron chi connectivity index (χ1n) is 7.48. The number of nitrogens with two attached hydrogens (primary N) is 1. The minimum atomic E-state index is -0.367. The average Bonchev–Trinajstić information content (AvgIpc) is 2.43. The van der Waals surface area contributed by atoms with Gasteiger partial charge in [0, 0.05) is 32.7 Å². The van der Waals surface area contributed by atoms with Crippen molar-refractivity contribution < 1.29 is 4.79 Å². The number of carbonyl (C=O) groups excluding carboxylic acids is 1. The van der Waals surface area contributed by atoms with E-state index in [4.69, 9.17) is 5.73 Å². The lowest BCUT2D eigenvalue weighted by Crippen LogP contribution is -2.46. The molecule has 3 N–H and O–H groups in total. The van der Waals surface area contributed by atoms with E-state index >= 15 is 0 Å². The summed E-state index contributed by atoms with van der Waals surface area (Å²) in [6.45, 7) is 10.4. The van der Waals surface area contributed by atoms with Gasteiger partial charge in [-0.15, -0.1) is 0 Å². The summed E-state index contributed by atoms with van der Waals surface area (Å²) in [6, 6.07) is -0.367. The molecule has 0 bridgehead atoms. The van der Waals surface area contributed by atoms with E-state index in [1.165, 1.54) is 0 Å². The van der Waals surface area contributed by atoms with Crippen LogP contribution in [0.5, 0.6) is 0 Å². The molecule has 1 amide bonds. The predicted molar refractivity (Wildman–Crippen MR) is 79.0 cm³/mol. The van der Waals surface area contributed by atoms with Crippen LogP contribution >= 0.6 is 0 Å². The highest BCUT2D eigenvalue weighted by atomic mass is 16.2. The van der Waals surface area contributed by atoms with Gasteiger partial charge in [0.15, 0.2) is 0 Å². The molecule has 0 spiro atoms. The average molecular weight is 270 g/mol. The molecule has 1 saturated heterocycles. The van der Waals surface area contributed by atoms with Gasteiger partial charge in [0.1, 0.15) is 0 Å². The minimum absolute atomic E-state index is 0.00673. The van der Waals surface area contributed by atoms with Crippen LogP contribution in [0.25, 0.3) is 0 Å². The normalized spacial score (nSPS) is 21.1. The first kappa shape index (κ1) is 16.4. The van der Waals surface area contributed by atoms with Crippen molar-refractivity contribution in [3.05, 3.63) is 0 Å². The third-order valence-electron chi connectivity index (χ3n) is 4.11. The molecule has 19 heavy (non-hydrogen) atoms. The Morgan fingerprint density at radius 3 is 2.53 bits per heavy atom. The summed E-state index contributed by atoms with van der Waals surface area (Å²) in [5, 5.41) is 2.94. The van der Waals surface area contributed by atoms with E-state index in [1.54, 1.807) is 0 Å². The highest BCUT2D eigenvalue weighted by molar-refractivity contribution is 5.81. The molecule has 0 aliphatic carbocycles. The number of amides is 1. The molecule has 0 unspecified atom stereocenters. The summed E-state index contributed by atoms with van der Waals surface area (Å²) < 4.78 is 0. The van der Waals surface area contributed by atoms with Crippen LogP contribution in [0, 0.1) is 5.92 Å². The maximum atomic E-state index is 11.8. The number of piperazine rings is 1. The third kappa shape index (κ3) is 5.89. The van der Waals surface area contributed by atoms with Gasteiger partial charge in [0.2, 0.25) is 5.91 Å². The zero-order chi connectivity index (χ0) is 14.3. The lowest BCUT2D eigenvalue weighted by molar-refractivity contribution is -0.123. The molecule has 1 aliphatic heterocycles. The monoisotopic (exact) mass is 270 g/mol. The van der Waals surface area contributed by atoms with Gasteiger partial charge in [-0.25, -0.2) is 0 Å². The number of nitrogens with one attached hydrogen (secondary N) is 1. The van der Waals surface area contributed by atoms with Crippen molar-refractivity contribution in [1.82, 2.24) is 15.1 Å². The summed E-state index contributed by atoms with van der Waals surface area (Å²) in [5.74, 6) is 0.241. The second kappa shape index (κ2) is 8.51. The number of carbonyl (C=O) groups is 1. The second-order valence-electron chi connectivity index (χ2n) is 5.70. The van der Waals surface area contributed by atoms with E-state index in [1.807, 2.05) is 6.92 Å². The van der Waals surface area contributed by atoms with E-state index in [-0.39, 0.29) is 17.9 Å².